The van der Waals surface area contributed by atoms with Crippen molar-refractivity contribution in [2.75, 3.05) is 13.1 Å². The molecule has 1 amide bonds. The predicted octanol–water partition coefficient (Wildman–Crippen LogP) is 3.54. The largest absolute Gasteiger partial charge is 0.339 e. The van der Waals surface area contributed by atoms with E-state index in [9.17, 15) is 4.79 Å². The molecule has 0 atom stereocenters. The Kier molecular flexibility index (Phi) is 4.18. The number of hydrogen-bond donors (Lipinski definition) is 0. The van der Waals surface area contributed by atoms with Crippen LogP contribution in [-0.2, 0) is 4.79 Å². The lowest BCUT2D eigenvalue weighted by molar-refractivity contribution is -0.126. The first-order valence-corrected chi connectivity index (χ1v) is 7.14. The molecule has 0 bridgehead atoms. The van der Waals surface area contributed by atoms with Crippen LogP contribution in [0, 0.1) is 0 Å². The van der Waals surface area contributed by atoms with Crippen LogP contribution in [0.3, 0.4) is 0 Å². The quantitative estimate of drug-likeness (QED) is 0.765. The van der Waals surface area contributed by atoms with Crippen LogP contribution >= 0.6 is 27.3 Å². The van der Waals surface area contributed by atoms with Crippen LogP contribution in [0.15, 0.2) is 22.0 Å². The summed E-state index contributed by atoms with van der Waals surface area (Å²) in [6.07, 6.45) is 7.12. The van der Waals surface area contributed by atoms with Gasteiger partial charge < -0.3 is 4.90 Å². The van der Waals surface area contributed by atoms with E-state index in [2.05, 4.69) is 15.9 Å². The van der Waals surface area contributed by atoms with Gasteiger partial charge in [0.1, 0.15) is 0 Å². The Balaban J connectivity index is 1.93. The molecule has 0 spiro atoms. The molecule has 1 aliphatic rings. The molecule has 16 heavy (non-hydrogen) atoms. The lowest BCUT2D eigenvalue weighted by atomic mass is 10.1. The van der Waals surface area contributed by atoms with Gasteiger partial charge in [0.25, 0.3) is 0 Å². The Labute approximate surface area is 108 Å². The van der Waals surface area contributed by atoms with E-state index in [0.29, 0.717) is 0 Å². The maximum atomic E-state index is 11.8. The summed E-state index contributed by atoms with van der Waals surface area (Å²) in [4.78, 5) is 14.9. The minimum atomic E-state index is 0.143. The highest BCUT2D eigenvalue weighted by molar-refractivity contribution is 9.10. The lowest BCUT2D eigenvalue weighted by Gasteiger charge is -2.25. The van der Waals surface area contributed by atoms with E-state index in [1.807, 2.05) is 22.4 Å². The number of halogens is 1. The number of thiophene rings is 1. The Morgan fingerprint density at radius 3 is 2.75 bits per heavy atom. The second-order valence-corrected chi connectivity index (χ2v) is 5.75. The Bertz CT molecular complexity index is 393. The van der Waals surface area contributed by atoms with Gasteiger partial charge in [-0.05, 0) is 47.3 Å². The van der Waals surface area contributed by atoms with Gasteiger partial charge >= 0.3 is 0 Å². The molecular weight excluding hydrogens is 286 g/mol. The minimum Gasteiger partial charge on any atom is -0.339 e. The highest BCUT2D eigenvalue weighted by Crippen LogP contribution is 2.21. The van der Waals surface area contributed by atoms with Crippen LogP contribution in [-0.4, -0.2) is 23.9 Å². The maximum Gasteiger partial charge on any atom is 0.246 e. The molecule has 0 N–H and O–H groups in total. The lowest BCUT2D eigenvalue weighted by Crippen LogP contribution is -2.34. The molecule has 1 aliphatic heterocycles. The number of carbonyl (C=O) groups excluding carboxylic acids is 1. The molecule has 0 aromatic carbocycles. The van der Waals surface area contributed by atoms with Gasteiger partial charge in [0.15, 0.2) is 0 Å². The van der Waals surface area contributed by atoms with Gasteiger partial charge in [0.2, 0.25) is 5.91 Å². The van der Waals surface area contributed by atoms with Crippen molar-refractivity contribution in [2.24, 2.45) is 0 Å². The average Bonchev–Trinajstić information content (AvgIpc) is 2.73. The average molecular weight is 300 g/mol. The molecule has 1 saturated heterocycles. The number of piperidine rings is 1. The fraction of sp³-hybridized carbons (Fsp3) is 0.417. The summed E-state index contributed by atoms with van der Waals surface area (Å²) in [6.45, 7) is 1.83. The van der Waals surface area contributed by atoms with E-state index in [1.54, 1.807) is 17.4 Å². The van der Waals surface area contributed by atoms with Gasteiger partial charge in [-0.25, -0.2) is 0 Å². The molecule has 86 valence electrons. The second kappa shape index (κ2) is 5.64. The number of amides is 1. The van der Waals surface area contributed by atoms with Crippen LogP contribution in [0.2, 0.25) is 0 Å². The van der Waals surface area contributed by atoms with Crippen LogP contribution < -0.4 is 0 Å². The first-order valence-electron chi connectivity index (χ1n) is 5.47. The van der Waals surface area contributed by atoms with Crippen molar-refractivity contribution in [3.8, 4) is 0 Å². The Hall–Kier alpha value is -0.610. The maximum absolute atomic E-state index is 11.8. The number of carbonyl (C=O) groups is 1. The van der Waals surface area contributed by atoms with Crippen LogP contribution in [0.1, 0.15) is 24.1 Å². The number of nitrogens with zero attached hydrogens (tertiary/aromatic N) is 1. The van der Waals surface area contributed by atoms with Gasteiger partial charge in [0, 0.05) is 33.9 Å². The fourth-order valence-corrected chi connectivity index (χ4v) is 3.13. The molecule has 1 fully saturated rings. The molecule has 2 heterocycles. The normalized spacial score (nSPS) is 16.9. The van der Waals surface area contributed by atoms with Crippen molar-refractivity contribution in [3.05, 3.63) is 26.9 Å². The summed E-state index contributed by atoms with van der Waals surface area (Å²) >= 11 is 5.03. The Morgan fingerprint density at radius 1 is 1.38 bits per heavy atom. The van der Waals surface area contributed by atoms with Crippen molar-refractivity contribution >= 4 is 39.2 Å². The van der Waals surface area contributed by atoms with Gasteiger partial charge in [-0.2, -0.15) is 0 Å². The van der Waals surface area contributed by atoms with E-state index >= 15 is 0 Å². The van der Waals surface area contributed by atoms with Gasteiger partial charge in [-0.1, -0.05) is 0 Å². The van der Waals surface area contributed by atoms with E-state index < -0.39 is 0 Å². The third-order valence-electron chi connectivity index (χ3n) is 2.65. The van der Waals surface area contributed by atoms with Gasteiger partial charge in [0.05, 0.1) is 0 Å². The zero-order valence-corrected chi connectivity index (χ0v) is 11.4. The monoisotopic (exact) mass is 299 g/mol. The summed E-state index contributed by atoms with van der Waals surface area (Å²) < 4.78 is 1.07. The first-order chi connectivity index (χ1) is 7.75. The fourth-order valence-electron chi connectivity index (χ4n) is 1.79. The SMILES string of the molecule is O=C(C=Cc1cc(Br)cs1)N1CCCCC1. The molecule has 0 aliphatic carbocycles. The summed E-state index contributed by atoms with van der Waals surface area (Å²) in [7, 11) is 0. The number of rotatable bonds is 2. The summed E-state index contributed by atoms with van der Waals surface area (Å²) in [5.41, 5.74) is 0. The van der Waals surface area contributed by atoms with Crippen LogP contribution in [0.5, 0.6) is 0 Å². The van der Waals surface area contributed by atoms with Crippen LogP contribution in [0.4, 0.5) is 0 Å². The minimum absolute atomic E-state index is 0.143. The first kappa shape index (κ1) is 11.9. The highest BCUT2D eigenvalue weighted by atomic mass is 79.9. The van der Waals surface area contributed by atoms with Gasteiger partial charge in [-0.15, -0.1) is 11.3 Å². The number of likely N-dealkylation sites (tertiary alicyclic amines) is 1. The molecule has 4 heteroatoms. The second-order valence-electron chi connectivity index (χ2n) is 3.89. The van der Waals surface area contributed by atoms with E-state index in [-0.39, 0.29) is 5.91 Å². The van der Waals surface area contributed by atoms with Crippen molar-refractivity contribution in [1.29, 1.82) is 0 Å². The van der Waals surface area contributed by atoms with Gasteiger partial charge in [-0.3, -0.25) is 4.79 Å². The zero-order valence-electron chi connectivity index (χ0n) is 8.99. The highest BCUT2D eigenvalue weighted by Gasteiger charge is 2.13. The molecule has 1 aromatic rings. The number of hydrogen-bond acceptors (Lipinski definition) is 2. The van der Waals surface area contributed by atoms with Crippen molar-refractivity contribution in [2.45, 2.75) is 19.3 Å². The molecular formula is C12H14BrNOS. The van der Waals surface area contributed by atoms with Crippen molar-refractivity contribution in [3.63, 3.8) is 0 Å². The molecule has 0 saturated carbocycles. The van der Waals surface area contributed by atoms with Crippen LogP contribution in [0.25, 0.3) is 6.08 Å². The van der Waals surface area contributed by atoms with E-state index in [4.69, 9.17) is 0 Å². The molecule has 2 rings (SSSR count). The third kappa shape index (κ3) is 3.19. The molecule has 0 radical (unpaired) electrons. The summed E-state index contributed by atoms with van der Waals surface area (Å²) in [5, 5.41) is 2.02. The topological polar surface area (TPSA) is 20.3 Å². The molecule has 0 unspecified atom stereocenters. The molecule has 1 aromatic heterocycles. The standard InChI is InChI=1S/C12H14BrNOS/c13-10-8-11(16-9-10)4-5-12(15)14-6-2-1-3-7-14/h4-5,8-9H,1-3,6-7H2. The summed E-state index contributed by atoms with van der Waals surface area (Å²) in [5.74, 6) is 0.143. The van der Waals surface area contributed by atoms with E-state index in [1.165, 1.54) is 6.42 Å². The third-order valence-corrected chi connectivity index (χ3v) is 4.30. The summed E-state index contributed by atoms with van der Waals surface area (Å²) in [6, 6.07) is 2.02. The zero-order chi connectivity index (χ0) is 11.4. The molecule has 2 nitrogen and oxygen atoms in total. The van der Waals surface area contributed by atoms with Crippen molar-refractivity contribution in [1.82, 2.24) is 4.90 Å². The predicted molar refractivity (Wildman–Crippen MR) is 71.5 cm³/mol. The smallest absolute Gasteiger partial charge is 0.246 e. The van der Waals surface area contributed by atoms with E-state index in [0.717, 1.165) is 35.3 Å². The van der Waals surface area contributed by atoms with Crippen molar-refractivity contribution < 1.29 is 4.79 Å². The Morgan fingerprint density at radius 2 is 2.12 bits per heavy atom.